The third kappa shape index (κ3) is 5.47. The average molecular weight is 460 g/mol. The van der Waals surface area contributed by atoms with Gasteiger partial charge in [-0.3, -0.25) is 4.79 Å². The number of rotatable bonds is 7. The van der Waals surface area contributed by atoms with Crippen LogP contribution in [0, 0.1) is 6.92 Å². The molecule has 1 aliphatic heterocycles. The molecule has 3 rings (SSSR count). The number of carbonyl (C=O) groups is 3. The lowest BCUT2D eigenvalue weighted by atomic mass is 10.1. The Morgan fingerprint density at radius 3 is 2.38 bits per heavy atom. The first-order valence-electron chi connectivity index (χ1n) is 10.1. The van der Waals surface area contributed by atoms with Gasteiger partial charge in [-0.2, -0.15) is 0 Å². The molecule has 0 saturated carbocycles. The van der Waals surface area contributed by atoms with Crippen molar-refractivity contribution >= 4 is 40.3 Å². The van der Waals surface area contributed by atoms with E-state index in [1.807, 2.05) is 0 Å². The molecule has 2 aromatic rings. The van der Waals surface area contributed by atoms with Crippen LogP contribution in [-0.4, -0.2) is 36.8 Å². The number of ether oxygens (including phenoxy) is 4. The van der Waals surface area contributed by atoms with Crippen LogP contribution in [0.1, 0.15) is 58.9 Å². The van der Waals surface area contributed by atoms with E-state index in [1.165, 1.54) is 6.08 Å². The van der Waals surface area contributed by atoms with Crippen molar-refractivity contribution < 1.29 is 33.3 Å². The lowest BCUT2D eigenvalue weighted by Crippen LogP contribution is -2.16. The maximum atomic E-state index is 12.7. The van der Waals surface area contributed by atoms with Crippen LogP contribution in [0.15, 0.2) is 24.3 Å². The minimum absolute atomic E-state index is 0.143. The third-order valence-corrected chi connectivity index (χ3v) is 5.47. The van der Waals surface area contributed by atoms with Crippen molar-refractivity contribution in [3.63, 3.8) is 0 Å². The van der Waals surface area contributed by atoms with Gasteiger partial charge in [0.1, 0.15) is 9.88 Å². The third-order valence-electron chi connectivity index (χ3n) is 4.28. The van der Waals surface area contributed by atoms with Crippen LogP contribution in [0.2, 0.25) is 0 Å². The first-order chi connectivity index (χ1) is 15.2. The first-order valence-corrected chi connectivity index (χ1v) is 10.9. The highest BCUT2D eigenvalue weighted by Crippen LogP contribution is 2.35. The summed E-state index contributed by atoms with van der Waals surface area (Å²) in [5.74, 6) is -0.389. The van der Waals surface area contributed by atoms with Gasteiger partial charge in [-0.05, 0) is 64.0 Å². The second-order valence-electron chi connectivity index (χ2n) is 7.60. The molecule has 0 radical (unpaired) electrons. The Morgan fingerprint density at radius 1 is 1.03 bits per heavy atom. The van der Waals surface area contributed by atoms with Gasteiger partial charge < -0.3 is 24.3 Å². The summed E-state index contributed by atoms with van der Waals surface area (Å²) in [6.45, 7) is 8.70. The molecular weight excluding hydrogens is 434 g/mol. The van der Waals surface area contributed by atoms with Crippen molar-refractivity contribution in [1.29, 1.82) is 0 Å². The van der Waals surface area contributed by atoms with Gasteiger partial charge in [-0.15, -0.1) is 11.3 Å². The molecule has 0 aliphatic carbocycles. The number of fused-ring (bicyclic) bond motifs is 1. The Labute approximate surface area is 190 Å². The predicted molar refractivity (Wildman–Crippen MR) is 120 cm³/mol. The van der Waals surface area contributed by atoms with Crippen LogP contribution in [0.25, 0.3) is 6.08 Å². The fourth-order valence-electron chi connectivity index (χ4n) is 2.92. The second kappa shape index (κ2) is 9.86. The number of carbonyl (C=O) groups excluding carboxylic acids is 3. The molecule has 1 amide bonds. The van der Waals surface area contributed by atoms with Crippen LogP contribution < -0.4 is 14.8 Å². The molecule has 9 heteroatoms. The minimum atomic E-state index is -0.618. The van der Waals surface area contributed by atoms with E-state index in [9.17, 15) is 14.4 Å². The van der Waals surface area contributed by atoms with E-state index in [0.717, 1.165) is 16.9 Å². The van der Waals surface area contributed by atoms with Crippen LogP contribution in [0.3, 0.4) is 0 Å². The Bertz CT molecular complexity index is 1070. The van der Waals surface area contributed by atoms with E-state index in [1.54, 1.807) is 58.9 Å². The molecule has 32 heavy (non-hydrogen) atoms. The van der Waals surface area contributed by atoms with Crippen LogP contribution >= 0.6 is 11.3 Å². The first kappa shape index (κ1) is 23.3. The van der Waals surface area contributed by atoms with Crippen molar-refractivity contribution in [1.82, 2.24) is 0 Å². The molecule has 0 spiro atoms. The standard InChI is InChI=1S/C23H25NO7S/c1-12(2)30-22(26)19-14(5)20(23(27)31-13(3)4)32-21(19)24-18(25)9-7-15-6-8-16-17(10-15)29-11-28-16/h6-10,12-13H,11H2,1-5H3,(H,24,25). The summed E-state index contributed by atoms with van der Waals surface area (Å²) in [5.41, 5.74) is 1.29. The molecule has 2 heterocycles. The summed E-state index contributed by atoms with van der Waals surface area (Å²) < 4.78 is 21.2. The lowest BCUT2D eigenvalue weighted by Gasteiger charge is -2.10. The van der Waals surface area contributed by atoms with Gasteiger partial charge in [-0.25, -0.2) is 9.59 Å². The maximum Gasteiger partial charge on any atom is 0.348 e. The van der Waals surface area contributed by atoms with Gasteiger partial charge in [0.2, 0.25) is 12.7 Å². The number of anilines is 1. The van der Waals surface area contributed by atoms with Gasteiger partial charge in [0.05, 0.1) is 17.8 Å². The summed E-state index contributed by atoms with van der Waals surface area (Å²) in [7, 11) is 0. The molecule has 0 unspecified atom stereocenters. The normalized spacial score (nSPS) is 12.5. The topological polar surface area (TPSA) is 100 Å². The van der Waals surface area contributed by atoms with E-state index in [-0.39, 0.29) is 34.4 Å². The Kier molecular flexibility index (Phi) is 7.19. The quantitative estimate of drug-likeness (QED) is 0.478. The summed E-state index contributed by atoms with van der Waals surface area (Å²) in [6, 6.07) is 5.31. The molecule has 0 bridgehead atoms. The van der Waals surface area contributed by atoms with Gasteiger partial charge in [0.25, 0.3) is 0 Å². The molecule has 1 aliphatic rings. The zero-order valence-electron chi connectivity index (χ0n) is 18.5. The van der Waals surface area contributed by atoms with E-state index in [2.05, 4.69) is 5.32 Å². The molecule has 8 nitrogen and oxygen atoms in total. The molecular formula is C23H25NO7S. The SMILES string of the molecule is Cc1c(C(=O)OC(C)C)sc(NC(=O)C=Cc2ccc3c(c2)OCO3)c1C(=O)OC(C)C. The Morgan fingerprint density at radius 2 is 1.69 bits per heavy atom. The Balaban J connectivity index is 1.83. The second-order valence-corrected chi connectivity index (χ2v) is 8.62. The molecule has 0 atom stereocenters. The highest BCUT2D eigenvalue weighted by molar-refractivity contribution is 7.18. The van der Waals surface area contributed by atoms with E-state index in [4.69, 9.17) is 18.9 Å². The van der Waals surface area contributed by atoms with Crippen molar-refractivity contribution in [2.45, 2.75) is 46.8 Å². The van der Waals surface area contributed by atoms with Crippen molar-refractivity contribution in [2.75, 3.05) is 12.1 Å². The molecule has 0 fully saturated rings. The summed E-state index contributed by atoms with van der Waals surface area (Å²) in [5, 5.41) is 2.91. The van der Waals surface area contributed by atoms with E-state index in [0.29, 0.717) is 17.1 Å². The smallest absolute Gasteiger partial charge is 0.348 e. The number of nitrogens with one attached hydrogen (secondary N) is 1. The number of benzene rings is 1. The van der Waals surface area contributed by atoms with Crippen LogP contribution in [-0.2, 0) is 14.3 Å². The van der Waals surface area contributed by atoms with Crippen LogP contribution in [0.5, 0.6) is 11.5 Å². The van der Waals surface area contributed by atoms with Crippen molar-refractivity contribution in [3.8, 4) is 11.5 Å². The van der Waals surface area contributed by atoms with E-state index < -0.39 is 17.8 Å². The lowest BCUT2D eigenvalue weighted by molar-refractivity contribution is -0.111. The van der Waals surface area contributed by atoms with Crippen LogP contribution in [0.4, 0.5) is 5.00 Å². The summed E-state index contributed by atoms with van der Waals surface area (Å²) in [4.78, 5) is 37.9. The molecule has 1 N–H and O–H groups in total. The van der Waals surface area contributed by atoms with Gasteiger partial charge in [-0.1, -0.05) is 6.07 Å². The van der Waals surface area contributed by atoms with Crippen molar-refractivity contribution in [2.24, 2.45) is 0 Å². The number of esters is 2. The largest absolute Gasteiger partial charge is 0.459 e. The Hall–Kier alpha value is -3.33. The van der Waals surface area contributed by atoms with E-state index >= 15 is 0 Å². The minimum Gasteiger partial charge on any atom is -0.459 e. The van der Waals surface area contributed by atoms with Gasteiger partial charge >= 0.3 is 11.9 Å². The maximum absolute atomic E-state index is 12.7. The average Bonchev–Trinajstić information content (AvgIpc) is 3.29. The molecule has 1 aromatic carbocycles. The number of amides is 1. The summed E-state index contributed by atoms with van der Waals surface area (Å²) in [6.07, 6.45) is 2.26. The molecule has 170 valence electrons. The zero-order valence-corrected chi connectivity index (χ0v) is 19.3. The van der Waals surface area contributed by atoms with Crippen molar-refractivity contribution in [3.05, 3.63) is 45.8 Å². The monoisotopic (exact) mass is 459 g/mol. The van der Waals surface area contributed by atoms with Gasteiger partial charge in [0.15, 0.2) is 11.5 Å². The highest BCUT2D eigenvalue weighted by Gasteiger charge is 2.28. The fraction of sp³-hybridized carbons (Fsp3) is 0.348. The predicted octanol–water partition coefficient (Wildman–Crippen LogP) is 4.57. The summed E-state index contributed by atoms with van der Waals surface area (Å²) >= 11 is 0.980. The number of hydrogen-bond acceptors (Lipinski definition) is 8. The molecule has 1 aromatic heterocycles. The fourth-order valence-corrected chi connectivity index (χ4v) is 4.01. The molecule has 0 saturated heterocycles. The zero-order chi connectivity index (χ0) is 23.4. The number of hydrogen-bond donors (Lipinski definition) is 1. The highest BCUT2D eigenvalue weighted by atomic mass is 32.1. The number of thiophene rings is 1. The van der Waals surface area contributed by atoms with Gasteiger partial charge in [0, 0.05) is 6.08 Å².